The van der Waals surface area contributed by atoms with Crippen molar-refractivity contribution in [2.45, 2.75) is 12.7 Å². The van der Waals surface area contributed by atoms with Crippen LogP contribution in [0.15, 0.2) is 79.1 Å². The molecule has 2 aromatic heterocycles. The minimum Gasteiger partial charge on any atom is -0.505 e. The predicted molar refractivity (Wildman–Crippen MR) is 106 cm³/mol. The van der Waals surface area contributed by atoms with Crippen LogP contribution in [0.2, 0.25) is 0 Å². The number of aromatic hydroxyl groups is 1. The molecule has 4 aromatic rings. The summed E-state index contributed by atoms with van der Waals surface area (Å²) >= 11 is 0. The molecule has 0 amide bonds. The number of pyridine rings is 2. The third kappa shape index (κ3) is 4.08. The molecule has 2 heterocycles. The lowest BCUT2D eigenvalue weighted by Gasteiger charge is -2.22. The van der Waals surface area contributed by atoms with E-state index >= 15 is 0 Å². The van der Waals surface area contributed by atoms with Gasteiger partial charge in [0.2, 0.25) is 0 Å². The first-order valence-corrected chi connectivity index (χ1v) is 8.91. The Balaban J connectivity index is 1.77. The number of rotatable bonds is 6. The number of alkyl halides is 2. The summed E-state index contributed by atoms with van der Waals surface area (Å²) in [6.07, 6.45) is 3.27. The molecule has 0 aliphatic heterocycles. The Morgan fingerprint density at radius 1 is 0.862 bits per heavy atom. The Hall–Kier alpha value is -3.74. The first-order valence-electron chi connectivity index (χ1n) is 8.91. The maximum atomic E-state index is 12.5. The number of phenols is 1. The van der Waals surface area contributed by atoms with Crippen LogP contribution in [0, 0.1) is 0 Å². The first-order chi connectivity index (χ1) is 14.1. The minimum atomic E-state index is -2.89. The van der Waals surface area contributed by atoms with Crippen molar-refractivity contribution in [3.63, 3.8) is 0 Å². The molecule has 0 unspecified atom stereocenters. The van der Waals surface area contributed by atoms with Gasteiger partial charge in [-0.1, -0.05) is 36.4 Å². The normalized spacial score (nSPS) is 12.1. The van der Waals surface area contributed by atoms with E-state index in [4.69, 9.17) is 0 Å². The molecular formula is C22H17F2N3O2. The molecule has 0 saturated heterocycles. The van der Waals surface area contributed by atoms with E-state index in [0.717, 1.165) is 10.9 Å². The molecule has 0 saturated carbocycles. The van der Waals surface area contributed by atoms with Crippen molar-refractivity contribution >= 4 is 16.7 Å². The zero-order valence-electron chi connectivity index (χ0n) is 15.2. The number of hydrogen-bond donors (Lipinski definition) is 2. The van der Waals surface area contributed by atoms with Gasteiger partial charge in [-0.25, -0.2) is 4.98 Å². The Kier molecular flexibility index (Phi) is 5.20. The lowest BCUT2D eigenvalue weighted by atomic mass is 9.96. The molecule has 5 nitrogen and oxygen atoms in total. The van der Waals surface area contributed by atoms with Crippen LogP contribution in [0.1, 0.15) is 17.2 Å². The van der Waals surface area contributed by atoms with Gasteiger partial charge in [-0.2, -0.15) is 8.78 Å². The van der Waals surface area contributed by atoms with E-state index in [1.54, 1.807) is 42.7 Å². The summed E-state index contributed by atoms with van der Waals surface area (Å²) in [6.45, 7) is -2.89. The number of nitrogens with one attached hydrogen (secondary N) is 1. The number of nitrogens with zero attached hydrogens (tertiary/aromatic N) is 2. The van der Waals surface area contributed by atoms with Gasteiger partial charge in [-0.05, 0) is 35.9 Å². The van der Waals surface area contributed by atoms with Crippen molar-refractivity contribution in [1.29, 1.82) is 0 Å². The summed E-state index contributed by atoms with van der Waals surface area (Å²) in [5.41, 5.74) is 1.81. The van der Waals surface area contributed by atoms with Crippen molar-refractivity contribution < 1.29 is 18.6 Å². The van der Waals surface area contributed by atoms with E-state index in [1.165, 1.54) is 12.1 Å². The molecule has 2 aromatic carbocycles. The van der Waals surface area contributed by atoms with Gasteiger partial charge in [0.1, 0.15) is 22.8 Å². The van der Waals surface area contributed by atoms with Crippen LogP contribution in [-0.2, 0) is 0 Å². The molecule has 29 heavy (non-hydrogen) atoms. The third-order valence-electron chi connectivity index (χ3n) is 4.49. The Morgan fingerprint density at radius 2 is 1.66 bits per heavy atom. The van der Waals surface area contributed by atoms with Crippen molar-refractivity contribution in [2.24, 2.45) is 0 Å². The van der Waals surface area contributed by atoms with Gasteiger partial charge in [0.25, 0.3) is 0 Å². The van der Waals surface area contributed by atoms with Crippen molar-refractivity contribution in [3.05, 3.63) is 90.3 Å². The number of fused-ring (bicyclic) bond motifs is 1. The molecule has 146 valence electrons. The van der Waals surface area contributed by atoms with Crippen LogP contribution in [0.5, 0.6) is 11.5 Å². The lowest BCUT2D eigenvalue weighted by molar-refractivity contribution is -0.0498. The summed E-state index contributed by atoms with van der Waals surface area (Å²) < 4.78 is 29.3. The third-order valence-corrected chi connectivity index (χ3v) is 4.49. The number of halogens is 2. The van der Waals surface area contributed by atoms with Crippen LogP contribution in [0.4, 0.5) is 14.6 Å². The van der Waals surface area contributed by atoms with Gasteiger partial charge in [0.15, 0.2) is 0 Å². The fourth-order valence-corrected chi connectivity index (χ4v) is 3.16. The summed E-state index contributed by atoms with van der Waals surface area (Å²) in [4.78, 5) is 8.56. The van der Waals surface area contributed by atoms with Crippen LogP contribution >= 0.6 is 0 Å². The van der Waals surface area contributed by atoms with Gasteiger partial charge in [0, 0.05) is 23.3 Å². The molecule has 1 atom stereocenters. The van der Waals surface area contributed by atoms with Crippen LogP contribution < -0.4 is 10.1 Å². The molecule has 0 radical (unpaired) electrons. The number of ether oxygens (including phenoxy) is 1. The Morgan fingerprint density at radius 3 is 2.38 bits per heavy atom. The monoisotopic (exact) mass is 393 g/mol. The minimum absolute atomic E-state index is 0.0458. The largest absolute Gasteiger partial charge is 0.505 e. The highest BCUT2D eigenvalue weighted by molar-refractivity contribution is 5.86. The number of hydrogen-bond acceptors (Lipinski definition) is 5. The Bertz CT molecular complexity index is 1110. The number of phenolic OH excluding ortho intramolecular Hbond substituents is 1. The second kappa shape index (κ2) is 8.10. The highest BCUT2D eigenvalue weighted by Crippen LogP contribution is 2.36. The van der Waals surface area contributed by atoms with Crippen LogP contribution in [0.25, 0.3) is 10.9 Å². The average Bonchev–Trinajstić information content (AvgIpc) is 2.74. The van der Waals surface area contributed by atoms with Gasteiger partial charge in [-0.15, -0.1) is 0 Å². The van der Waals surface area contributed by atoms with E-state index in [1.807, 2.05) is 24.3 Å². The van der Waals surface area contributed by atoms with E-state index in [2.05, 4.69) is 20.0 Å². The summed E-state index contributed by atoms with van der Waals surface area (Å²) in [6, 6.07) is 18.6. The van der Waals surface area contributed by atoms with Crippen molar-refractivity contribution in [1.82, 2.24) is 9.97 Å². The van der Waals surface area contributed by atoms with Gasteiger partial charge < -0.3 is 15.2 Å². The summed E-state index contributed by atoms with van der Waals surface area (Å²) in [7, 11) is 0. The smallest absolute Gasteiger partial charge is 0.387 e. The van der Waals surface area contributed by atoms with Crippen LogP contribution in [0.3, 0.4) is 0 Å². The average molecular weight is 393 g/mol. The van der Waals surface area contributed by atoms with Crippen molar-refractivity contribution in [3.8, 4) is 11.5 Å². The highest BCUT2D eigenvalue weighted by atomic mass is 19.3. The van der Waals surface area contributed by atoms with E-state index in [9.17, 15) is 13.9 Å². The van der Waals surface area contributed by atoms with Gasteiger partial charge in [0.05, 0.1) is 6.04 Å². The molecule has 0 aliphatic rings. The standard InChI is InChI=1S/C22H17F2N3O2/c23-22(24)29-16-9-6-15(7-10-16)19(27-18-5-1-2-12-25-18)17-11-8-14-4-3-13-26-20(14)21(17)28/h1-13,19,22,28H,(H,25,27)/t19-/m0/s1. The van der Waals surface area contributed by atoms with E-state index < -0.39 is 12.7 Å². The molecular weight excluding hydrogens is 376 g/mol. The predicted octanol–water partition coefficient (Wildman–Crippen LogP) is 5.14. The molecule has 2 N–H and O–H groups in total. The number of anilines is 1. The highest BCUT2D eigenvalue weighted by Gasteiger charge is 2.20. The second-order valence-corrected chi connectivity index (χ2v) is 6.32. The summed E-state index contributed by atoms with van der Waals surface area (Å²) in [5.74, 6) is 0.708. The molecule has 0 aliphatic carbocycles. The van der Waals surface area contributed by atoms with E-state index in [0.29, 0.717) is 16.9 Å². The van der Waals surface area contributed by atoms with Crippen molar-refractivity contribution in [2.75, 3.05) is 5.32 Å². The second-order valence-electron chi connectivity index (χ2n) is 6.32. The molecule has 0 fully saturated rings. The zero-order valence-corrected chi connectivity index (χ0v) is 15.2. The molecule has 0 spiro atoms. The van der Waals surface area contributed by atoms with E-state index in [-0.39, 0.29) is 11.5 Å². The quantitative estimate of drug-likeness (QED) is 0.475. The topological polar surface area (TPSA) is 67.3 Å². The SMILES string of the molecule is Oc1c([C@@H](Nc2ccccn2)c2ccc(OC(F)F)cc2)ccc2cccnc12. The molecule has 7 heteroatoms. The zero-order chi connectivity index (χ0) is 20.2. The van der Waals surface area contributed by atoms with Gasteiger partial charge in [-0.3, -0.25) is 4.98 Å². The van der Waals surface area contributed by atoms with Crippen LogP contribution in [-0.4, -0.2) is 21.7 Å². The maximum Gasteiger partial charge on any atom is 0.387 e. The number of benzene rings is 2. The first kappa shape index (κ1) is 18.6. The lowest BCUT2D eigenvalue weighted by Crippen LogP contribution is -2.14. The fourth-order valence-electron chi connectivity index (χ4n) is 3.16. The fraction of sp³-hybridized carbons (Fsp3) is 0.0909. The molecule has 0 bridgehead atoms. The Labute approximate surface area is 165 Å². The molecule has 4 rings (SSSR count). The number of aromatic nitrogens is 2. The maximum absolute atomic E-state index is 12.5. The van der Waals surface area contributed by atoms with Gasteiger partial charge >= 0.3 is 6.61 Å². The summed E-state index contributed by atoms with van der Waals surface area (Å²) in [5, 5.41) is 15.0.